The molecule has 3 aromatic rings. The molecule has 30 heavy (non-hydrogen) atoms. The van der Waals surface area contributed by atoms with Gasteiger partial charge in [0.05, 0.1) is 17.8 Å². The maximum absolute atomic E-state index is 11.6. The molecule has 7 nitrogen and oxygen atoms in total. The van der Waals surface area contributed by atoms with Gasteiger partial charge >= 0.3 is 5.97 Å². The van der Waals surface area contributed by atoms with Crippen molar-refractivity contribution in [1.82, 2.24) is 24.6 Å². The van der Waals surface area contributed by atoms with Gasteiger partial charge in [-0.3, -0.25) is 14.6 Å². The van der Waals surface area contributed by atoms with Crippen molar-refractivity contribution in [2.75, 3.05) is 39.8 Å². The summed E-state index contributed by atoms with van der Waals surface area (Å²) in [5.41, 5.74) is 3.94. The van der Waals surface area contributed by atoms with Crippen molar-refractivity contribution in [3.05, 3.63) is 71.8 Å². The number of aromatic nitrogens is 3. The standard InChI is InChI=1S/C23H27N5O2/c1-26-9-11-27(12-10-26)13-14-28-17-21(18-5-3-2-4-6-18)22(25-28)15-19-16-24-8-7-20(19)23(29)30/h2-8,16-17H,9-15H2,1H3,(H,29,30). The molecule has 0 amide bonds. The van der Waals surface area contributed by atoms with Crippen molar-refractivity contribution >= 4 is 5.97 Å². The van der Waals surface area contributed by atoms with E-state index in [-0.39, 0.29) is 5.56 Å². The fourth-order valence-electron chi connectivity index (χ4n) is 3.84. The number of carboxylic acid groups (broad SMARTS) is 1. The molecular formula is C23H27N5O2. The van der Waals surface area contributed by atoms with Gasteiger partial charge in [-0.25, -0.2) is 4.79 Å². The highest BCUT2D eigenvalue weighted by molar-refractivity contribution is 5.89. The van der Waals surface area contributed by atoms with Gasteiger partial charge in [0, 0.05) is 63.3 Å². The van der Waals surface area contributed by atoms with Crippen LogP contribution in [0, 0.1) is 0 Å². The van der Waals surface area contributed by atoms with Crippen LogP contribution in [-0.4, -0.2) is 75.4 Å². The molecule has 0 bridgehead atoms. The highest BCUT2D eigenvalue weighted by atomic mass is 16.4. The lowest BCUT2D eigenvalue weighted by molar-refractivity contribution is 0.0695. The molecule has 1 aliphatic rings. The maximum Gasteiger partial charge on any atom is 0.336 e. The largest absolute Gasteiger partial charge is 0.478 e. The Bertz CT molecular complexity index is 994. The van der Waals surface area contributed by atoms with Gasteiger partial charge in [0.25, 0.3) is 0 Å². The molecule has 0 spiro atoms. The second-order valence-electron chi connectivity index (χ2n) is 7.78. The molecular weight excluding hydrogens is 378 g/mol. The molecule has 0 unspecified atom stereocenters. The minimum Gasteiger partial charge on any atom is -0.478 e. The molecule has 7 heteroatoms. The van der Waals surface area contributed by atoms with E-state index in [0.29, 0.717) is 12.0 Å². The first kappa shape index (κ1) is 20.3. The molecule has 0 aliphatic carbocycles. The van der Waals surface area contributed by atoms with Crippen LogP contribution < -0.4 is 0 Å². The normalized spacial score (nSPS) is 15.4. The number of nitrogens with zero attached hydrogens (tertiary/aromatic N) is 5. The first-order valence-electron chi connectivity index (χ1n) is 10.3. The van der Waals surface area contributed by atoms with E-state index in [2.05, 4.69) is 40.2 Å². The van der Waals surface area contributed by atoms with E-state index in [1.165, 1.54) is 6.20 Å². The van der Waals surface area contributed by atoms with Crippen LogP contribution in [0.15, 0.2) is 55.0 Å². The maximum atomic E-state index is 11.6. The zero-order chi connectivity index (χ0) is 20.9. The van der Waals surface area contributed by atoms with Crippen LogP contribution in [-0.2, 0) is 13.0 Å². The van der Waals surface area contributed by atoms with Crippen LogP contribution in [0.25, 0.3) is 11.1 Å². The van der Waals surface area contributed by atoms with Crippen molar-refractivity contribution < 1.29 is 9.90 Å². The minimum atomic E-state index is -0.942. The van der Waals surface area contributed by atoms with Crippen LogP contribution >= 0.6 is 0 Å². The Morgan fingerprint density at radius 3 is 2.57 bits per heavy atom. The topological polar surface area (TPSA) is 74.5 Å². The van der Waals surface area contributed by atoms with Gasteiger partial charge in [0.1, 0.15) is 0 Å². The van der Waals surface area contributed by atoms with Crippen LogP contribution in [0.5, 0.6) is 0 Å². The average molecular weight is 406 g/mol. The van der Waals surface area contributed by atoms with E-state index in [0.717, 1.165) is 56.1 Å². The smallest absolute Gasteiger partial charge is 0.336 e. The van der Waals surface area contributed by atoms with Gasteiger partial charge in [-0.2, -0.15) is 5.10 Å². The molecule has 0 atom stereocenters. The van der Waals surface area contributed by atoms with Gasteiger partial charge < -0.3 is 10.0 Å². The Morgan fingerprint density at radius 1 is 1.07 bits per heavy atom. The van der Waals surface area contributed by atoms with Gasteiger partial charge in [-0.05, 0) is 24.2 Å². The summed E-state index contributed by atoms with van der Waals surface area (Å²) in [4.78, 5) is 20.6. The second kappa shape index (κ2) is 9.19. The van der Waals surface area contributed by atoms with E-state index in [1.54, 1.807) is 12.3 Å². The summed E-state index contributed by atoms with van der Waals surface area (Å²) < 4.78 is 1.99. The molecule has 1 N–H and O–H groups in total. The molecule has 1 aromatic carbocycles. The number of carbonyl (C=O) groups is 1. The molecule has 1 saturated heterocycles. The predicted octanol–water partition coefficient (Wildman–Crippen LogP) is 2.48. The number of rotatable bonds is 7. The highest BCUT2D eigenvalue weighted by Crippen LogP contribution is 2.25. The number of likely N-dealkylation sites (N-methyl/N-ethyl adjacent to an activating group) is 1. The zero-order valence-corrected chi connectivity index (χ0v) is 17.2. The summed E-state index contributed by atoms with van der Waals surface area (Å²) in [5.74, 6) is -0.942. The Hall–Kier alpha value is -3.03. The molecule has 3 heterocycles. The van der Waals surface area contributed by atoms with Crippen molar-refractivity contribution in [2.45, 2.75) is 13.0 Å². The van der Waals surface area contributed by atoms with E-state index in [4.69, 9.17) is 5.10 Å². The quantitative estimate of drug-likeness (QED) is 0.651. The molecule has 4 rings (SSSR count). The van der Waals surface area contributed by atoms with Gasteiger partial charge in [-0.15, -0.1) is 0 Å². The molecule has 0 saturated carbocycles. The zero-order valence-electron chi connectivity index (χ0n) is 17.2. The number of hydrogen-bond acceptors (Lipinski definition) is 5. The van der Waals surface area contributed by atoms with Crippen molar-refractivity contribution in [2.24, 2.45) is 0 Å². The molecule has 2 aromatic heterocycles. The Labute approximate surface area is 176 Å². The van der Waals surface area contributed by atoms with Gasteiger partial charge in [-0.1, -0.05) is 30.3 Å². The fourth-order valence-corrected chi connectivity index (χ4v) is 3.84. The number of piperazine rings is 1. The Balaban J connectivity index is 1.58. The molecule has 0 radical (unpaired) electrons. The van der Waals surface area contributed by atoms with Crippen LogP contribution in [0.3, 0.4) is 0 Å². The molecule has 1 aliphatic heterocycles. The number of carboxylic acids is 1. The molecule has 156 valence electrons. The van der Waals surface area contributed by atoms with E-state index < -0.39 is 5.97 Å². The highest BCUT2D eigenvalue weighted by Gasteiger charge is 2.17. The lowest BCUT2D eigenvalue weighted by Crippen LogP contribution is -2.45. The monoisotopic (exact) mass is 405 g/mol. The molecule has 1 fully saturated rings. The summed E-state index contributed by atoms with van der Waals surface area (Å²) in [6.07, 6.45) is 5.65. The summed E-state index contributed by atoms with van der Waals surface area (Å²) in [6.45, 7) is 6.11. The van der Waals surface area contributed by atoms with Crippen molar-refractivity contribution in [3.63, 3.8) is 0 Å². The summed E-state index contributed by atoms with van der Waals surface area (Å²) in [7, 11) is 2.16. The number of benzene rings is 1. The first-order valence-corrected chi connectivity index (χ1v) is 10.3. The third kappa shape index (κ3) is 4.75. The van der Waals surface area contributed by atoms with E-state index in [9.17, 15) is 9.90 Å². The lowest BCUT2D eigenvalue weighted by atomic mass is 10.00. The lowest BCUT2D eigenvalue weighted by Gasteiger charge is -2.32. The number of aromatic carboxylic acids is 1. The van der Waals surface area contributed by atoms with Gasteiger partial charge in [0.15, 0.2) is 0 Å². The predicted molar refractivity (Wildman–Crippen MR) is 116 cm³/mol. The van der Waals surface area contributed by atoms with E-state index >= 15 is 0 Å². The summed E-state index contributed by atoms with van der Waals surface area (Å²) >= 11 is 0. The van der Waals surface area contributed by atoms with E-state index in [1.807, 2.05) is 22.9 Å². The van der Waals surface area contributed by atoms with Gasteiger partial charge in [0.2, 0.25) is 0 Å². The SMILES string of the molecule is CN1CCN(CCn2cc(-c3ccccc3)c(Cc3cnccc3C(=O)O)n2)CC1. The third-order valence-corrected chi connectivity index (χ3v) is 5.66. The minimum absolute atomic E-state index is 0.274. The summed E-state index contributed by atoms with van der Waals surface area (Å²) in [5, 5.41) is 14.4. The number of hydrogen-bond donors (Lipinski definition) is 1. The Morgan fingerprint density at radius 2 is 1.83 bits per heavy atom. The van der Waals surface area contributed by atoms with Crippen molar-refractivity contribution in [1.29, 1.82) is 0 Å². The first-order chi connectivity index (χ1) is 14.6. The Kier molecular flexibility index (Phi) is 6.21. The average Bonchev–Trinajstić information content (AvgIpc) is 3.17. The van der Waals surface area contributed by atoms with Crippen LogP contribution in [0.1, 0.15) is 21.6 Å². The van der Waals surface area contributed by atoms with Crippen LogP contribution in [0.2, 0.25) is 0 Å². The summed E-state index contributed by atoms with van der Waals surface area (Å²) in [6, 6.07) is 11.7. The van der Waals surface area contributed by atoms with Crippen LogP contribution in [0.4, 0.5) is 0 Å². The van der Waals surface area contributed by atoms with Crippen molar-refractivity contribution in [3.8, 4) is 11.1 Å². The number of pyridine rings is 1. The third-order valence-electron chi connectivity index (χ3n) is 5.66. The fraction of sp³-hybridized carbons (Fsp3) is 0.348. The second-order valence-corrected chi connectivity index (χ2v) is 7.78.